The van der Waals surface area contributed by atoms with Crippen LogP contribution in [0, 0.1) is 6.92 Å². The first-order valence-corrected chi connectivity index (χ1v) is 7.39. The highest BCUT2D eigenvalue weighted by atomic mass is 16.2. The molecule has 116 valence electrons. The Balaban J connectivity index is 1.90. The number of hydrogen-bond donors (Lipinski definition) is 1. The van der Waals surface area contributed by atoms with Crippen LogP contribution in [-0.4, -0.2) is 63.5 Å². The molecule has 1 aliphatic carbocycles. The summed E-state index contributed by atoms with van der Waals surface area (Å²) in [5, 5.41) is 6.45. The van der Waals surface area contributed by atoms with Gasteiger partial charge in [-0.1, -0.05) is 19.3 Å². The van der Waals surface area contributed by atoms with Crippen molar-refractivity contribution in [3.05, 3.63) is 11.6 Å². The molecule has 1 aromatic heterocycles. The molecule has 1 heterocycles. The maximum Gasteiger partial charge on any atom is 0.293 e. The number of amides is 2. The Labute approximate surface area is 124 Å². The third kappa shape index (κ3) is 3.80. The zero-order valence-electron chi connectivity index (χ0n) is 12.9. The fraction of sp³-hybridized carbons (Fsp3) is 0.714. The summed E-state index contributed by atoms with van der Waals surface area (Å²) in [7, 11) is 3.42. The third-order valence-electron chi connectivity index (χ3n) is 4.02. The average molecular weight is 293 g/mol. The second-order valence-electron chi connectivity index (χ2n) is 5.70. The van der Waals surface area contributed by atoms with Crippen molar-refractivity contribution in [3.63, 3.8) is 0 Å². The Bertz CT molecular complexity index is 507. The molecule has 2 amide bonds. The van der Waals surface area contributed by atoms with Gasteiger partial charge in [0.05, 0.1) is 6.54 Å². The number of nitrogens with zero attached hydrogens (tertiary/aromatic N) is 4. The van der Waals surface area contributed by atoms with E-state index >= 15 is 0 Å². The third-order valence-corrected chi connectivity index (χ3v) is 4.02. The van der Waals surface area contributed by atoms with Gasteiger partial charge in [0, 0.05) is 20.1 Å². The predicted octanol–water partition coefficient (Wildman–Crippen LogP) is 0.976. The van der Waals surface area contributed by atoms with E-state index < -0.39 is 0 Å². The summed E-state index contributed by atoms with van der Waals surface area (Å²) >= 11 is 0. The number of H-pyrrole nitrogens is 1. The van der Waals surface area contributed by atoms with Crippen molar-refractivity contribution in [1.29, 1.82) is 0 Å². The van der Waals surface area contributed by atoms with Gasteiger partial charge in [0.1, 0.15) is 5.82 Å². The molecule has 0 spiro atoms. The largest absolute Gasteiger partial charge is 0.341 e. The second-order valence-corrected chi connectivity index (χ2v) is 5.70. The van der Waals surface area contributed by atoms with Gasteiger partial charge >= 0.3 is 0 Å². The first-order chi connectivity index (χ1) is 9.99. The van der Waals surface area contributed by atoms with E-state index in [1.54, 1.807) is 18.9 Å². The van der Waals surface area contributed by atoms with Gasteiger partial charge in [-0.25, -0.2) is 4.98 Å². The van der Waals surface area contributed by atoms with Crippen molar-refractivity contribution in [3.8, 4) is 0 Å². The highest BCUT2D eigenvalue weighted by Gasteiger charge is 2.25. The molecule has 0 saturated heterocycles. The molecule has 1 fully saturated rings. The minimum atomic E-state index is -0.343. The molecule has 0 aliphatic heterocycles. The monoisotopic (exact) mass is 293 g/mol. The van der Waals surface area contributed by atoms with E-state index in [2.05, 4.69) is 15.2 Å². The van der Waals surface area contributed by atoms with Gasteiger partial charge < -0.3 is 9.80 Å². The van der Waals surface area contributed by atoms with Crippen LogP contribution in [0.5, 0.6) is 0 Å². The van der Waals surface area contributed by atoms with Gasteiger partial charge in [-0.05, 0) is 19.8 Å². The number of aromatic nitrogens is 3. The normalized spacial score (nSPS) is 15.8. The number of carbonyl (C=O) groups is 2. The summed E-state index contributed by atoms with van der Waals surface area (Å²) in [5.74, 6) is 0.301. The molecule has 7 nitrogen and oxygen atoms in total. The predicted molar refractivity (Wildman–Crippen MR) is 77.7 cm³/mol. The first-order valence-electron chi connectivity index (χ1n) is 7.39. The van der Waals surface area contributed by atoms with E-state index in [-0.39, 0.29) is 24.2 Å². The minimum Gasteiger partial charge on any atom is -0.341 e. The van der Waals surface area contributed by atoms with Gasteiger partial charge in [-0.15, -0.1) is 5.10 Å². The van der Waals surface area contributed by atoms with E-state index in [0.717, 1.165) is 12.8 Å². The van der Waals surface area contributed by atoms with E-state index in [0.29, 0.717) is 11.9 Å². The van der Waals surface area contributed by atoms with E-state index in [9.17, 15) is 9.59 Å². The van der Waals surface area contributed by atoms with Crippen molar-refractivity contribution in [2.45, 2.75) is 45.1 Å². The van der Waals surface area contributed by atoms with Crippen LogP contribution in [0.15, 0.2) is 0 Å². The lowest BCUT2D eigenvalue weighted by Gasteiger charge is -2.32. The summed E-state index contributed by atoms with van der Waals surface area (Å²) in [6, 6.07) is 0.306. The number of aryl methyl sites for hydroxylation is 1. The van der Waals surface area contributed by atoms with Crippen molar-refractivity contribution in [1.82, 2.24) is 25.0 Å². The maximum atomic E-state index is 12.3. The molecule has 21 heavy (non-hydrogen) atoms. The SMILES string of the molecule is Cc1nc(C(=O)N(C)CC(=O)N(C)C2CCCCC2)n[nH]1. The Hall–Kier alpha value is -1.92. The van der Waals surface area contributed by atoms with Crippen LogP contribution < -0.4 is 0 Å². The summed E-state index contributed by atoms with van der Waals surface area (Å²) in [4.78, 5) is 31.5. The second kappa shape index (κ2) is 6.69. The Morgan fingerprint density at radius 3 is 2.48 bits per heavy atom. The maximum absolute atomic E-state index is 12.3. The number of rotatable bonds is 4. The van der Waals surface area contributed by atoms with Crippen LogP contribution >= 0.6 is 0 Å². The molecule has 0 radical (unpaired) electrons. The zero-order valence-corrected chi connectivity index (χ0v) is 12.9. The molecule has 0 atom stereocenters. The van der Waals surface area contributed by atoms with E-state index in [4.69, 9.17) is 0 Å². The van der Waals surface area contributed by atoms with Crippen LogP contribution in [0.25, 0.3) is 0 Å². The molecule has 0 aromatic carbocycles. The molecule has 2 rings (SSSR count). The highest BCUT2D eigenvalue weighted by molar-refractivity contribution is 5.93. The van der Waals surface area contributed by atoms with Gasteiger partial charge in [0.25, 0.3) is 5.91 Å². The standard InChI is InChI=1S/C14H23N5O2/c1-10-15-13(17-16-10)14(21)18(2)9-12(20)19(3)11-7-5-4-6-8-11/h11H,4-9H2,1-3H3,(H,15,16,17). The number of likely N-dealkylation sites (N-methyl/N-ethyl adjacent to an activating group) is 2. The molecular formula is C14H23N5O2. The Morgan fingerprint density at radius 1 is 1.24 bits per heavy atom. The summed E-state index contributed by atoms with van der Waals surface area (Å²) in [6.07, 6.45) is 5.71. The highest BCUT2D eigenvalue weighted by Crippen LogP contribution is 2.21. The molecule has 0 bridgehead atoms. The Kier molecular flexibility index (Phi) is 4.93. The van der Waals surface area contributed by atoms with Crippen LogP contribution in [0.3, 0.4) is 0 Å². The van der Waals surface area contributed by atoms with Crippen molar-refractivity contribution >= 4 is 11.8 Å². The van der Waals surface area contributed by atoms with Crippen LogP contribution in [0.4, 0.5) is 0 Å². The van der Waals surface area contributed by atoms with Crippen LogP contribution in [-0.2, 0) is 4.79 Å². The summed E-state index contributed by atoms with van der Waals surface area (Å²) in [6.45, 7) is 1.78. The Morgan fingerprint density at radius 2 is 1.90 bits per heavy atom. The van der Waals surface area contributed by atoms with Crippen molar-refractivity contribution in [2.24, 2.45) is 0 Å². The quantitative estimate of drug-likeness (QED) is 0.897. The lowest BCUT2D eigenvalue weighted by molar-refractivity contribution is -0.133. The van der Waals surface area contributed by atoms with Gasteiger partial charge in [0.2, 0.25) is 11.7 Å². The van der Waals surface area contributed by atoms with Gasteiger partial charge in [0.15, 0.2) is 0 Å². The van der Waals surface area contributed by atoms with Crippen LogP contribution in [0.1, 0.15) is 48.5 Å². The number of nitrogens with one attached hydrogen (secondary N) is 1. The van der Waals surface area contributed by atoms with Gasteiger partial charge in [-0.2, -0.15) is 0 Å². The van der Waals surface area contributed by atoms with Crippen molar-refractivity contribution < 1.29 is 9.59 Å². The van der Waals surface area contributed by atoms with Crippen molar-refractivity contribution in [2.75, 3.05) is 20.6 Å². The fourth-order valence-corrected chi connectivity index (χ4v) is 2.67. The lowest BCUT2D eigenvalue weighted by Crippen LogP contribution is -2.44. The smallest absolute Gasteiger partial charge is 0.293 e. The molecule has 1 aromatic rings. The van der Waals surface area contributed by atoms with Crippen LogP contribution in [0.2, 0.25) is 0 Å². The molecule has 0 unspecified atom stereocenters. The van der Waals surface area contributed by atoms with E-state index in [1.165, 1.54) is 24.2 Å². The molecule has 7 heteroatoms. The summed E-state index contributed by atoms with van der Waals surface area (Å²) in [5.41, 5.74) is 0. The molecule has 1 aliphatic rings. The summed E-state index contributed by atoms with van der Waals surface area (Å²) < 4.78 is 0. The minimum absolute atomic E-state index is 0.0370. The zero-order chi connectivity index (χ0) is 15.4. The topological polar surface area (TPSA) is 82.2 Å². The molecule has 1 N–H and O–H groups in total. The number of aromatic amines is 1. The first kappa shape index (κ1) is 15.5. The average Bonchev–Trinajstić information content (AvgIpc) is 2.93. The van der Waals surface area contributed by atoms with Gasteiger partial charge in [-0.3, -0.25) is 14.7 Å². The molecule has 1 saturated carbocycles. The van der Waals surface area contributed by atoms with E-state index in [1.807, 2.05) is 7.05 Å². The number of hydrogen-bond acceptors (Lipinski definition) is 4. The molecular weight excluding hydrogens is 270 g/mol. The lowest BCUT2D eigenvalue weighted by atomic mass is 9.94. The number of carbonyl (C=O) groups excluding carboxylic acids is 2. The fourth-order valence-electron chi connectivity index (χ4n) is 2.67.